The Labute approximate surface area is 169 Å². The number of carbonyl (C=O) groups is 1. The van der Waals surface area contributed by atoms with E-state index in [2.05, 4.69) is 38.8 Å². The van der Waals surface area contributed by atoms with Crippen molar-refractivity contribution in [2.45, 2.75) is 13.8 Å². The van der Waals surface area contributed by atoms with E-state index < -0.39 is 0 Å². The maximum Gasteiger partial charge on any atom is 0.264 e. The summed E-state index contributed by atoms with van der Waals surface area (Å²) in [5.41, 5.74) is 2.03. The topological polar surface area (TPSA) is 52.6 Å². The van der Waals surface area contributed by atoms with Crippen LogP contribution >= 0.6 is 11.3 Å². The van der Waals surface area contributed by atoms with Gasteiger partial charge in [0.1, 0.15) is 17.0 Å². The molecule has 0 bridgehead atoms. The standard InChI is InChI=1S/C21H25N5OS/c1-4-25-10-12-26(13-11-25)21(27)18-15(2)17-19(22-14-23-20(17)28-18)24(3)16-8-6-5-7-9-16/h5-9,14H,4,10-13H2,1-3H3. The Balaban J connectivity index is 1.69. The van der Waals surface area contributed by atoms with Gasteiger partial charge < -0.3 is 14.7 Å². The molecule has 0 unspecified atom stereocenters. The van der Waals surface area contributed by atoms with E-state index >= 15 is 0 Å². The number of rotatable bonds is 4. The lowest BCUT2D eigenvalue weighted by Crippen LogP contribution is -2.48. The highest BCUT2D eigenvalue weighted by Gasteiger charge is 2.26. The minimum Gasteiger partial charge on any atom is -0.335 e. The molecule has 0 aliphatic carbocycles. The molecule has 6 nitrogen and oxygen atoms in total. The van der Waals surface area contributed by atoms with Crippen molar-refractivity contribution < 1.29 is 4.79 Å². The molecular weight excluding hydrogens is 370 g/mol. The molecule has 4 rings (SSSR count). The number of benzene rings is 1. The third-order valence-electron chi connectivity index (χ3n) is 5.47. The maximum absolute atomic E-state index is 13.2. The molecule has 1 aliphatic heterocycles. The van der Waals surface area contributed by atoms with Crippen molar-refractivity contribution in [1.29, 1.82) is 0 Å². The molecule has 146 valence electrons. The van der Waals surface area contributed by atoms with Gasteiger partial charge in [0, 0.05) is 38.9 Å². The highest BCUT2D eigenvalue weighted by molar-refractivity contribution is 7.20. The zero-order chi connectivity index (χ0) is 19.7. The summed E-state index contributed by atoms with van der Waals surface area (Å²) in [6.07, 6.45) is 1.58. The van der Waals surface area contributed by atoms with Gasteiger partial charge in [-0.1, -0.05) is 25.1 Å². The average Bonchev–Trinajstić information content (AvgIpc) is 3.10. The van der Waals surface area contributed by atoms with E-state index in [1.54, 1.807) is 6.33 Å². The molecule has 0 saturated carbocycles. The zero-order valence-electron chi connectivity index (χ0n) is 16.6. The molecule has 2 aromatic heterocycles. The highest BCUT2D eigenvalue weighted by atomic mass is 32.1. The Hall–Kier alpha value is -2.51. The van der Waals surface area contributed by atoms with E-state index in [4.69, 9.17) is 0 Å². The molecule has 1 saturated heterocycles. The molecule has 0 radical (unpaired) electrons. The number of piperazine rings is 1. The molecule has 1 aliphatic rings. The van der Waals surface area contributed by atoms with Gasteiger partial charge in [0.05, 0.1) is 10.3 Å². The molecule has 0 N–H and O–H groups in total. The van der Waals surface area contributed by atoms with Crippen LogP contribution in [0.4, 0.5) is 11.5 Å². The summed E-state index contributed by atoms with van der Waals surface area (Å²) in [4.78, 5) is 30.2. The third-order valence-corrected chi connectivity index (χ3v) is 6.66. The van der Waals surface area contributed by atoms with Crippen LogP contribution in [-0.4, -0.2) is 65.4 Å². The maximum atomic E-state index is 13.2. The SMILES string of the molecule is CCN1CCN(C(=O)c2sc3ncnc(N(C)c4ccccc4)c3c2C)CC1. The summed E-state index contributed by atoms with van der Waals surface area (Å²) < 4.78 is 0. The van der Waals surface area contributed by atoms with Gasteiger partial charge in [-0.15, -0.1) is 11.3 Å². The summed E-state index contributed by atoms with van der Waals surface area (Å²) >= 11 is 1.48. The fraction of sp³-hybridized carbons (Fsp3) is 0.381. The lowest BCUT2D eigenvalue weighted by Gasteiger charge is -2.33. The van der Waals surface area contributed by atoms with Crippen LogP contribution in [0.2, 0.25) is 0 Å². The second-order valence-corrected chi connectivity index (χ2v) is 8.05. The smallest absolute Gasteiger partial charge is 0.264 e. The number of carbonyl (C=O) groups excluding carboxylic acids is 1. The van der Waals surface area contributed by atoms with Crippen molar-refractivity contribution in [2.75, 3.05) is 44.7 Å². The summed E-state index contributed by atoms with van der Waals surface area (Å²) in [5.74, 6) is 0.948. The number of aromatic nitrogens is 2. The van der Waals surface area contributed by atoms with Crippen molar-refractivity contribution in [2.24, 2.45) is 0 Å². The van der Waals surface area contributed by atoms with Crippen molar-refractivity contribution in [3.05, 3.63) is 47.1 Å². The number of amides is 1. The average molecular weight is 396 g/mol. The normalized spacial score (nSPS) is 15.2. The Bertz CT molecular complexity index is 979. The summed E-state index contributed by atoms with van der Waals surface area (Å²) in [5, 5.41) is 0.967. The van der Waals surface area contributed by atoms with Gasteiger partial charge in [-0.05, 0) is 31.2 Å². The van der Waals surface area contributed by atoms with Gasteiger partial charge >= 0.3 is 0 Å². The first kappa shape index (κ1) is 18.8. The number of nitrogens with zero attached hydrogens (tertiary/aromatic N) is 5. The summed E-state index contributed by atoms with van der Waals surface area (Å²) in [6, 6.07) is 10.1. The van der Waals surface area contributed by atoms with E-state index in [-0.39, 0.29) is 5.91 Å². The molecular formula is C21H25N5OS. The van der Waals surface area contributed by atoms with Crippen LogP contribution in [0.5, 0.6) is 0 Å². The fourth-order valence-corrected chi connectivity index (χ4v) is 4.81. The van der Waals surface area contributed by atoms with Crippen LogP contribution in [0.25, 0.3) is 10.2 Å². The molecule has 7 heteroatoms. The molecule has 3 aromatic rings. The second kappa shape index (κ2) is 7.85. The van der Waals surface area contributed by atoms with Crippen molar-refractivity contribution in [1.82, 2.24) is 19.8 Å². The predicted molar refractivity (Wildman–Crippen MR) is 115 cm³/mol. The molecule has 1 aromatic carbocycles. The first-order valence-corrected chi connectivity index (χ1v) is 10.5. The van der Waals surface area contributed by atoms with Gasteiger partial charge in [-0.2, -0.15) is 0 Å². The molecule has 3 heterocycles. The Kier molecular flexibility index (Phi) is 5.28. The summed E-state index contributed by atoms with van der Waals surface area (Å²) in [7, 11) is 2.00. The van der Waals surface area contributed by atoms with Crippen molar-refractivity contribution in [3.8, 4) is 0 Å². The van der Waals surface area contributed by atoms with Gasteiger partial charge in [0.25, 0.3) is 5.91 Å². The van der Waals surface area contributed by atoms with E-state index in [1.807, 2.05) is 37.1 Å². The zero-order valence-corrected chi connectivity index (χ0v) is 17.4. The van der Waals surface area contributed by atoms with E-state index in [0.29, 0.717) is 0 Å². The molecule has 1 amide bonds. The minimum absolute atomic E-state index is 0.115. The van der Waals surface area contributed by atoms with Gasteiger partial charge in [-0.25, -0.2) is 9.97 Å². The van der Waals surface area contributed by atoms with E-state index in [0.717, 1.165) is 64.9 Å². The molecule has 0 atom stereocenters. The lowest BCUT2D eigenvalue weighted by molar-refractivity contribution is 0.0647. The van der Waals surface area contributed by atoms with Crippen LogP contribution in [-0.2, 0) is 0 Å². The highest BCUT2D eigenvalue weighted by Crippen LogP contribution is 2.37. The van der Waals surface area contributed by atoms with Crippen molar-refractivity contribution in [3.63, 3.8) is 0 Å². The van der Waals surface area contributed by atoms with Crippen molar-refractivity contribution >= 4 is 39.0 Å². The Morgan fingerprint density at radius 1 is 1.14 bits per heavy atom. The first-order valence-electron chi connectivity index (χ1n) is 9.64. The monoisotopic (exact) mass is 395 g/mol. The van der Waals surface area contributed by atoms with E-state index in [1.165, 1.54) is 11.3 Å². The number of para-hydroxylation sites is 1. The predicted octanol–water partition coefficient (Wildman–Crippen LogP) is 3.55. The van der Waals surface area contributed by atoms with Gasteiger partial charge in [0.2, 0.25) is 0 Å². The van der Waals surface area contributed by atoms with Gasteiger partial charge in [-0.3, -0.25) is 4.79 Å². The lowest BCUT2D eigenvalue weighted by atomic mass is 10.1. The van der Waals surface area contributed by atoms with Crippen LogP contribution < -0.4 is 4.90 Å². The fourth-order valence-electron chi connectivity index (χ4n) is 3.70. The third kappa shape index (κ3) is 3.36. The largest absolute Gasteiger partial charge is 0.335 e. The number of aryl methyl sites for hydroxylation is 1. The number of thiophene rings is 1. The second-order valence-electron chi connectivity index (χ2n) is 7.05. The summed E-state index contributed by atoms with van der Waals surface area (Å²) in [6.45, 7) is 8.65. The quantitative estimate of drug-likeness (QED) is 0.676. The number of hydrogen-bond donors (Lipinski definition) is 0. The van der Waals surface area contributed by atoms with Crippen LogP contribution in [0.3, 0.4) is 0 Å². The van der Waals surface area contributed by atoms with E-state index in [9.17, 15) is 4.79 Å². The number of fused-ring (bicyclic) bond motifs is 1. The number of likely N-dealkylation sites (N-methyl/N-ethyl adjacent to an activating group) is 1. The van der Waals surface area contributed by atoms with Crippen LogP contribution in [0.1, 0.15) is 22.2 Å². The number of hydrogen-bond acceptors (Lipinski definition) is 6. The van der Waals surface area contributed by atoms with Crippen LogP contribution in [0.15, 0.2) is 36.7 Å². The number of anilines is 2. The minimum atomic E-state index is 0.115. The molecule has 0 spiro atoms. The van der Waals surface area contributed by atoms with Crippen LogP contribution in [0, 0.1) is 6.92 Å². The Morgan fingerprint density at radius 2 is 1.86 bits per heavy atom. The Morgan fingerprint density at radius 3 is 2.54 bits per heavy atom. The first-order chi connectivity index (χ1) is 13.6. The molecule has 1 fully saturated rings. The van der Waals surface area contributed by atoms with Gasteiger partial charge in [0.15, 0.2) is 0 Å². The molecule has 28 heavy (non-hydrogen) atoms.